The Morgan fingerprint density at radius 1 is 1.08 bits per heavy atom. The number of aromatic amines is 1. The Kier molecular flexibility index (Phi) is 3.19. The number of nitrogens with one attached hydrogen (secondary N) is 1. The SMILES string of the molecule is O=C(c1ccncc1)N1C2CCC1CN(c1ncnc3[nH]ccc13)C2. The van der Waals surface area contributed by atoms with Crippen LogP contribution in [0, 0.1) is 0 Å². The molecular weight excluding hydrogens is 316 g/mol. The van der Waals surface area contributed by atoms with Gasteiger partial charge in [0.25, 0.3) is 5.91 Å². The van der Waals surface area contributed by atoms with Gasteiger partial charge < -0.3 is 14.8 Å². The van der Waals surface area contributed by atoms with Gasteiger partial charge in [-0.05, 0) is 31.0 Å². The highest BCUT2D eigenvalue weighted by Gasteiger charge is 2.43. The first-order chi connectivity index (χ1) is 12.3. The van der Waals surface area contributed by atoms with Crippen molar-refractivity contribution < 1.29 is 4.79 Å². The second-order valence-electron chi connectivity index (χ2n) is 6.68. The predicted molar refractivity (Wildman–Crippen MR) is 93.3 cm³/mol. The summed E-state index contributed by atoms with van der Waals surface area (Å²) in [5, 5.41) is 1.04. The van der Waals surface area contributed by atoms with Crippen molar-refractivity contribution in [1.29, 1.82) is 0 Å². The maximum Gasteiger partial charge on any atom is 0.254 e. The lowest BCUT2D eigenvalue weighted by Gasteiger charge is -2.41. The summed E-state index contributed by atoms with van der Waals surface area (Å²) in [6.45, 7) is 1.62. The number of aromatic nitrogens is 4. The van der Waals surface area contributed by atoms with E-state index < -0.39 is 0 Å². The van der Waals surface area contributed by atoms with Crippen molar-refractivity contribution in [2.45, 2.75) is 24.9 Å². The molecule has 126 valence electrons. The average Bonchev–Trinajstić information content (AvgIpc) is 3.23. The first-order valence-corrected chi connectivity index (χ1v) is 8.57. The van der Waals surface area contributed by atoms with Crippen LogP contribution in [0.1, 0.15) is 23.2 Å². The van der Waals surface area contributed by atoms with E-state index in [0.29, 0.717) is 0 Å². The first-order valence-electron chi connectivity index (χ1n) is 8.57. The summed E-state index contributed by atoms with van der Waals surface area (Å²) < 4.78 is 0. The monoisotopic (exact) mass is 334 g/mol. The Morgan fingerprint density at radius 2 is 1.84 bits per heavy atom. The number of fused-ring (bicyclic) bond motifs is 3. The van der Waals surface area contributed by atoms with Gasteiger partial charge in [-0.3, -0.25) is 9.78 Å². The van der Waals surface area contributed by atoms with Crippen LogP contribution in [0.5, 0.6) is 0 Å². The number of anilines is 1. The Labute approximate surface area is 144 Å². The molecule has 7 nitrogen and oxygen atoms in total. The average molecular weight is 334 g/mol. The fourth-order valence-electron chi connectivity index (χ4n) is 4.16. The van der Waals surface area contributed by atoms with E-state index >= 15 is 0 Å². The highest BCUT2D eigenvalue weighted by atomic mass is 16.2. The van der Waals surface area contributed by atoms with E-state index in [-0.39, 0.29) is 18.0 Å². The van der Waals surface area contributed by atoms with Crippen LogP contribution in [0.15, 0.2) is 43.1 Å². The van der Waals surface area contributed by atoms with Crippen LogP contribution in [0.25, 0.3) is 11.0 Å². The molecule has 2 aliphatic rings. The number of amides is 1. The van der Waals surface area contributed by atoms with Crippen LogP contribution in [-0.2, 0) is 0 Å². The number of piperazine rings is 1. The molecule has 2 bridgehead atoms. The number of nitrogens with zero attached hydrogens (tertiary/aromatic N) is 5. The second kappa shape index (κ2) is 5.54. The van der Waals surface area contributed by atoms with Crippen LogP contribution in [0.4, 0.5) is 5.82 Å². The maximum absolute atomic E-state index is 12.9. The lowest BCUT2D eigenvalue weighted by atomic mass is 10.1. The molecule has 5 heterocycles. The fraction of sp³-hybridized carbons (Fsp3) is 0.333. The van der Waals surface area contributed by atoms with Crippen LogP contribution in [0.3, 0.4) is 0 Å². The molecule has 2 saturated heterocycles. The summed E-state index contributed by atoms with van der Waals surface area (Å²) in [6.07, 6.45) is 8.92. The van der Waals surface area contributed by atoms with Crippen LogP contribution in [0.2, 0.25) is 0 Å². The van der Waals surface area contributed by atoms with Gasteiger partial charge in [-0.2, -0.15) is 0 Å². The molecule has 2 unspecified atom stereocenters. The molecule has 0 spiro atoms. The molecule has 3 aromatic rings. The van der Waals surface area contributed by atoms with E-state index in [0.717, 1.165) is 48.3 Å². The quantitative estimate of drug-likeness (QED) is 0.774. The predicted octanol–water partition coefficient (Wildman–Crippen LogP) is 1.85. The molecule has 0 saturated carbocycles. The second-order valence-corrected chi connectivity index (χ2v) is 6.68. The van der Waals surface area contributed by atoms with E-state index in [4.69, 9.17) is 0 Å². The number of rotatable bonds is 2. The standard InChI is InChI=1S/C18H18N6O/c25-18(12-3-6-19-7-4-12)24-13-1-2-14(24)10-23(9-13)17-15-5-8-20-16(15)21-11-22-17/h3-8,11,13-14H,1-2,9-10H2,(H,20,21,22). The molecule has 2 atom stereocenters. The minimum atomic E-state index is 0.115. The van der Waals surface area contributed by atoms with Gasteiger partial charge >= 0.3 is 0 Å². The van der Waals surface area contributed by atoms with Gasteiger partial charge in [0, 0.05) is 37.2 Å². The van der Waals surface area contributed by atoms with E-state index in [9.17, 15) is 4.79 Å². The fourth-order valence-corrected chi connectivity index (χ4v) is 4.16. The molecule has 7 heteroatoms. The summed E-state index contributed by atoms with van der Waals surface area (Å²) in [6, 6.07) is 6.05. The minimum Gasteiger partial charge on any atom is -0.352 e. The number of hydrogen-bond acceptors (Lipinski definition) is 5. The van der Waals surface area contributed by atoms with Gasteiger partial charge in [0.05, 0.1) is 17.5 Å². The Balaban J connectivity index is 1.44. The van der Waals surface area contributed by atoms with Crippen molar-refractivity contribution in [3.05, 3.63) is 48.7 Å². The van der Waals surface area contributed by atoms with Crippen LogP contribution >= 0.6 is 0 Å². The zero-order valence-electron chi connectivity index (χ0n) is 13.7. The number of carbonyl (C=O) groups excluding carboxylic acids is 1. The molecule has 1 amide bonds. The molecule has 0 aromatic carbocycles. The Hall–Kier alpha value is -2.96. The highest BCUT2D eigenvalue weighted by Crippen LogP contribution is 2.34. The highest BCUT2D eigenvalue weighted by molar-refractivity contribution is 5.95. The molecule has 25 heavy (non-hydrogen) atoms. The number of H-pyrrole nitrogens is 1. The number of hydrogen-bond donors (Lipinski definition) is 1. The third-order valence-electron chi connectivity index (χ3n) is 5.28. The van der Waals surface area contributed by atoms with Crippen molar-refractivity contribution in [3.8, 4) is 0 Å². The summed E-state index contributed by atoms with van der Waals surface area (Å²) in [5.74, 6) is 1.07. The third kappa shape index (κ3) is 2.26. The Bertz CT molecular complexity index is 909. The van der Waals surface area contributed by atoms with Crippen LogP contribution in [-0.4, -0.2) is 55.9 Å². The van der Waals surface area contributed by atoms with Crippen molar-refractivity contribution in [3.63, 3.8) is 0 Å². The summed E-state index contributed by atoms with van der Waals surface area (Å²) >= 11 is 0. The molecular formula is C18H18N6O. The van der Waals surface area contributed by atoms with Gasteiger partial charge in [-0.15, -0.1) is 0 Å². The van der Waals surface area contributed by atoms with Gasteiger partial charge in [0.1, 0.15) is 17.8 Å². The number of carbonyl (C=O) groups is 1. The lowest BCUT2D eigenvalue weighted by Crippen LogP contribution is -2.56. The summed E-state index contributed by atoms with van der Waals surface area (Å²) in [7, 11) is 0. The molecule has 3 aromatic heterocycles. The van der Waals surface area contributed by atoms with Gasteiger partial charge in [0.2, 0.25) is 0 Å². The van der Waals surface area contributed by atoms with E-state index in [1.165, 1.54) is 0 Å². The van der Waals surface area contributed by atoms with Crippen molar-refractivity contribution >= 4 is 22.8 Å². The zero-order chi connectivity index (χ0) is 16.8. The van der Waals surface area contributed by atoms with E-state index in [1.807, 2.05) is 12.3 Å². The summed E-state index contributed by atoms with van der Waals surface area (Å²) in [4.78, 5) is 33.2. The molecule has 2 fully saturated rings. The van der Waals surface area contributed by atoms with Crippen molar-refractivity contribution in [2.75, 3.05) is 18.0 Å². The number of pyridine rings is 1. The third-order valence-corrected chi connectivity index (χ3v) is 5.28. The largest absolute Gasteiger partial charge is 0.352 e. The van der Waals surface area contributed by atoms with Crippen LogP contribution < -0.4 is 4.90 Å². The summed E-state index contributed by atoms with van der Waals surface area (Å²) in [5.41, 5.74) is 1.57. The zero-order valence-corrected chi connectivity index (χ0v) is 13.7. The molecule has 5 rings (SSSR count). The molecule has 0 radical (unpaired) electrons. The van der Waals surface area contributed by atoms with Gasteiger partial charge in [0.15, 0.2) is 0 Å². The van der Waals surface area contributed by atoms with Gasteiger partial charge in [-0.25, -0.2) is 9.97 Å². The lowest BCUT2D eigenvalue weighted by molar-refractivity contribution is 0.0641. The molecule has 1 N–H and O–H groups in total. The Morgan fingerprint density at radius 3 is 2.60 bits per heavy atom. The smallest absolute Gasteiger partial charge is 0.254 e. The van der Waals surface area contributed by atoms with Gasteiger partial charge in [-0.1, -0.05) is 0 Å². The van der Waals surface area contributed by atoms with E-state index in [1.54, 1.807) is 30.9 Å². The van der Waals surface area contributed by atoms with E-state index in [2.05, 4.69) is 29.7 Å². The van der Waals surface area contributed by atoms with Crippen molar-refractivity contribution in [1.82, 2.24) is 24.8 Å². The molecule has 0 aliphatic carbocycles. The normalized spacial score (nSPS) is 22.6. The topological polar surface area (TPSA) is 78.0 Å². The van der Waals surface area contributed by atoms with Crippen molar-refractivity contribution in [2.24, 2.45) is 0 Å². The maximum atomic E-state index is 12.9. The minimum absolute atomic E-state index is 0.115. The first kappa shape index (κ1) is 14.4. The molecule has 2 aliphatic heterocycles.